The van der Waals surface area contributed by atoms with Crippen LogP contribution in [-0.4, -0.2) is 33.8 Å². The number of amides is 1. The Morgan fingerprint density at radius 2 is 1.42 bits per heavy atom. The molecular formula is C25H26BrNO4. The summed E-state index contributed by atoms with van der Waals surface area (Å²) in [4.78, 5) is 13.0. The first kappa shape index (κ1) is 22.7. The molecular weight excluding hydrogens is 458 g/mol. The lowest BCUT2D eigenvalue weighted by molar-refractivity contribution is 0.0951. The van der Waals surface area contributed by atoms with Gasteiger partial charge in [-0.05, 0) is 39.5 Å². The Morgan fingerprint density at radius 3 is 1.90 bits per heavy atom. The minimum atomic E-state index is -0.217. The normalized spacial score (nSPS) is 10.6. The fourth-order valence-corrected chi connectivity index (χ4v) is 4.24. The quantitative estimate of drug-likeness (QED) is 0.440. The summed E-state index contributed by atoms with van der Waals surface area (Å²) in [5, 5.41) is 3.03. The van der Waals surface area contributed by atoms with Gasteiger partial charge in [-0.2, -0.15) is 0 Å². The first-order valence-corrected chi connectivity index (χ1v) is 10.8. The SMILES string of the molecule is COc1cc(C(=O)NCCC(c2ccccc2)c2ccccc2)c(Br)c(OC)c1OC. The summed E-state index contributed by atoms with van der Waals surface area (Å²) in [6.07, 6.45) is 0.766. The number of carbonyl (C=O) groups excluding carboxylic acids is 1. The largest absolute Gasteiger partial charge is 0.493 e. The van der Waals surface area contributed by atoms with E-state index in [4.69, 9.17) is 14.2 Å². The third-order valence-electron chi connectivity index (χ3n) is 5.14. The van der Waals surface area contributed by atoms with E-state index >= 15 is 0 Å². The van der Waals surface area contributed by atoms with Crippen molar-refractivity contribution in [3.63, 3.8) is 0 Å². The van der Waals surface area contributed by atoms with Crippen LogP contribution >= 0.6 is 15.9 Å². The molecule has 1 N–H and O–H groups in total. The van der Waals surface area contributed by atoms with Gasteiger partial charge in [0, 0.05) is 12.5 Å². The highest BCUT2D eigenvalue weighted by molar-refractivity contribution is 9.10. The van der Waals surface area contributed by atoms with Gasteiger partial charge >= 0.3 is 0 Å². The number of nitrogens with one attached hydrogen (secondary N) is 1. The molecule has 0 spiro atoms. The van der Waals surface area contributed by atoms with E-state index in [1.54, 1.807) is 6.07 Å². The monoisotopic (exact) mass is 483 g/mol. The first-order valence-electron chi connectivity index (χ1n) is 9.97. The van der Waals surface area contributed by atoms with E-state index in [1.165, 1.54) is 32.5 Å². The third kappa shape index (κ3) is 5.20. The second-order valence-electron chi connectivity index (χ2n) is 6.93. The topological polar surface area (TPSA) is 56.8 Å². The zero-order valence-electron chi connectivity index (χ0n) is 17.9. The fraction of sp³-hybridized carbons (Fsp3) is 0.240. The van der Waals surface area contributed by atoms with E-state index in [0.29, 0.717) is 33.8 Å². The number of methoxy groups -OCH3 is 3. The molecule has 0 aromatic heterocycles. The number of hydrogen-bond acceptors (Lipinski definition) is 4. The average molecular weight is 484 g/mol. The Balaban J connectivity index is 1.78. The fourth-order valence-electron chi connectivity index (χ4n) is 3.61. The van der Waals surface area contributed by atoms with Crippen molar-refractivity contribution in [1.82, 2.24) is 5.32 Å². The van der Waals surface area contributed by atoms with E-state index < -0.39 is 0 Å². The van der Waals surface area contributed by atoms with E-state index in [0.717, 1.165) is 6.42 Å². The van der Waals surface area contributed by atoms with Crippen molar-refractivity contribution in [3.05, 3.63) is 87.9 Å². The van der Waals surface area contributed by atoms with Crippen LogP contribution in [0.25, 0.3) is 0 Å². The minimum absolute atomic E-state index is 0.186. The first-order chi connectivity index (χ1) is 15.1. The average Bonchev–Trinajstić information content (AvgIpc) is 2.82. The van der Waals surface area contributed by atoms with Crippen molar-refractivity contribution < 1.29 is 19.0 Å². The van der Waals surface area contributed by atoms with Crippen LogP contribution in [-0.2, 0) is 0 Å². The lowest BCUT2D eigenvalue weighted by Crippen LogP contribution is -2.26. The summed E-state index contributed by atoms with van der Waals surface area (Å²) in [6.45, 7) is 0.510. The van der Waals surface area contributed by atoms with Crippen molar-refractivity contribution in [2.75, 3.05) is 27.9 Å². The van der Waals surface area contributed by atoms with Gasteiger partial charge in [0.15, 0.2) is 11.5 Å². The number of halogens is 1. The smallest absolute Gasteiger partial charge is 0.252 e. The molecule has 0 aliphatic heterocycles. The van der Waals surface area contributed by atoms with Crippen LogP contribution in [0, 0.1) is 0 Å². The molecule has 31 heavy (non-hydrogen) atoms. The van der Waals surface area contributed by atoms with E-state index in [-0.39, 0.29) is 11.8 Å². The molecule has 6 heteroatoms. The third-order valence-corrected chi connectivity index (χ3v) is 5.92. The number of hydrogen-bond donors (Lipinski definition) is 1. The number of benzene rings is 3. The zero-order valence-corrected chi connectivity index (χ0v) is 19.4. The molecule has 0 fully saturated rings. The summed E-state index contributed by atoms with van der Waals surface area (Å²) < 4.78 is 16.7. The van der Waals surface area contributed by atoms with Crippen LogP contribution < -0.4 is 19.5 Å². The van der Waals surface area contributed by atoms with Crippen molar-refractivity contribution >= 4 is 21.8 Å². The second kappa shape index (κ2) is 10.9. The van der Waals surface area contributed by atoms with Crippen molar-refractivity contribution in [2.24, 2.45) is 0 Å². The molecule has 0 atom stereocenters. The molecule has 1 amide bonds. The summed E-state index contributed by atoms with van der Waals surface area (Å²) in [6, 6.07) is 22.3. The van der Waals surface area contributed by atoms with Crippen LogP contribution in [0.5, 0.6) is 17.2 Å². The highest BCUT2D eigenvalue weighted by Crippen LogP contribution is 2.44. The Morgan fingerprint density at radius 1 is 0.871 bits per heavy atom. The summed E-state index contributed by atoms with van der Waals surface area (Å²) in [7, 11) is 4.57. The lowest BCUT2D eigenvalue weighted by Gasteiger charge is -2.19. The molecule has 0 bridgehead atoms. The summed E-state index contributed by atoms with van der Waals surface area (Å²) >= 11 is 3.47. The molecule has 0 aliphatic carbocycles. The predicted octanol–water partition coefficient (Wildman–Crippen LogP) is 5.43. The van der Waals surface area contributed by atoms with Crippen LogP contribution in [0.2, 0.25) is 0 Å². The highest BCUT2D eigenvalue weighted by Gasteiger charge is 2.23. The molecule has 5 nitrogen and oxygen atoms in total. The van der Waals surface area contributed by atoms with Gasteiger partial charge in [0.2, 0.25) is 5.75 Å². The van der Waals surface area contributed by atoms with E-state index in [9.17, 15) is 4.79 Å². The molecule has 0 saturated carbocycles. The van der Waals surface area contributed by atoms with Gasteiger partial charge in [0.25, 0.3) is 5.91 Å². The standard InChI is InChI=1S/C25H26BrNO4/c1-29-21-16-20(22(26)24(31-3)23(21)30-2)25(28)27-15-14-19(17-10-6-4-7-11-17)18-12-8-5-9-13-18/h4-13,16,19H,14-15H2,1-3H3,(H,27,28). The Kier molecular flexibility index (Phi) is 7.95. The zero-order chi connectivity index (χ0) is 22.2. The van der Waals surface area contributed by atoms with Gasteiger partial charge in [-0.1, -0.05) is 60.7 Å². The maximum Gasteiger partial charge on any atom is 0.252 e. The number of ether oxygens (including phenoxy) is 3. The molecule has 0 saturated heterocycles. The van der Waals surface area contributed by atoms with Gasteiger partial charge in [0.1, 0.15) is 0 Å². The molecule has 3 rings (SSSR count). The Bertz CT molecular complexity index is 970. The lowest BCUT2D eigenvalue weighted by atomic mass is 9.88. The van der Waals surface area contributed by atoms with Gasteiger partial charge in [0.05, 0.1) is 31.4 Å². The van der Waals surface area contributed by atoms with Gasteiger partial charge in [-0.25, -0.2) is 0 Å². The van der Waals surface area contributed by atoms with Gasteiger partial charge in [-0.15, -0.1) is 0 Å². The second-order valence-corrected chi connectivity index (χ2v) is 7.72. The van der Waals surface area contributed by atoms with E-state index in [2.05, 4.69) is 45.5 Å². The van der Waals surface area contributed by atoms with Crippen molar-refractivity contribution in [2.45, 2.75) is 12.3 Å². The minimum Gasteiger partial charge on any atom is -0.493 e. The maximum absolute atomic E-state index is 13.0. The Hall–Kier alpha value is -2.99. The van der Waals surface area contributed by atoms with Crippen LogP contribution in [0.4, 0.5) is 0 Å². The Labute approximate surface area is 191 Å². The maximum atomic E-state index is 13.0. The van der Waals surface area contributed by atoms with Crippen molar-refractivity contribution in [1.29, 1.82) is 0 Å². The summed E-state index contributed by atoms with van der Waals surface area (Å²) in [5.74, 6) is 1.25. The molecule has 0 radical (unpaired) electrons. The molecule has 0 aliphatic rings. The van der Waals surface area contributed by atoms with Gasteiger partial charge < -0.3 is 19.5 Å². The molecule has 0 heterocycles. The molecule has 0 unspecified atom stereocenters. The van der Waals surface area contributed by atoms with Crippen LogP contribution in [0.15, 0.2) is 71.2 Å². The molecule has 162 valence electrons. The number of carbonyl (C=O) groups is 1. The number of rotatable bonds is 9. The highest BCUT2D eigenvalue weighted by atomic mass is 79.9. The van der Waals surface area contributed by atoms with E-state index in [1.807, 2.05) is 36.4 Å². The van der Waals surface area contributed by atoms with Crippen LogP contribution in [0.1, 0.15) is 33.8 Å². The van der Waals surface area contributed by atoms with Crippen molar-refractivity contribution in [3.8, 4) is 17.2 Å². The van der Waals surface area contributed by atoms with Gasteiger partial charge in [-0.3, -0.25) is 4.79 Å². The predicted molar refractivity (Wildman–Crippen MR) is 125 cm³/mol. The van der Waals surface area contributed by atoms with Crippen LogP contribution in [0.3, 0.4) is 0 Å². The summed E-state index contributed by atoms with van der Waals surface area (Å²) in [5.41, 5.74) is 2.86. The molecule has 3 aromatic rings. The molecule has 3 aromatic carbocycles.